The van der Waals surface area contributed by atoms with Gasteiger partial charge in [0, 0.05) is 5.39 Å². The van der Waals surface area contributed by atoms with Crippen molar-refractivity contribution in [1.29, 1.82) is 0 Å². The van der Waals surface area contributed by atoms with Crippen LogP contribution in [0.25, 0.3) is 10.9 Å². The average Bonchev–Trinajstić information content (AvgIpc) is 2.53. The number of fused-ring (bicyclic) bond motifs is 1. The number of aromatic nitrogens is 1. The second-order valence-corrected chi connectivity index (χ2v) is 5.03. The van der Waals surface area contributed by atoms with Gasteiger partial charge in [0.1, 0.15) is 12.4 Å². The maximum absolute atomic E-state index is 9.58. The lowest BCUT2D eigenvalue weighted by Gasteiger charge is -2.09. The Labute approximate surface area is 123 Å². The van der Waals surface area contributed by atoms with E-state index < -0.39 is 6.10 Å². The van der Waals surface area contributed by atoms with E-state index in [-0.39, 0.29) is 0 Å². The number of aliphatic hydroxyl groups excluding tert-OH is 1. The molecule has 1 atom stereocenters. The Balaban J connectivity index is 1.75. The van der Waals surface area contributed by atoms with E-state index in [1.54, 1.807) is 6.92 Å². The van der Waals surface area contributed by atoms with Crippen LogP contribution in [0, 0.1) is 0 Å². The van der Waals surface area contributed by atoms with Gasteiger partial charge in [-0.1, -0.05) is 36.4 Å². The largest absolute Gasteiger partial charge is 0.487 e. The average molecular weight is 279 g/mol. The van der Waals surface area contributed by atoms with E-state index in [9.17, 15) is 5.11 Å². The Morgan fingerprint density at radius 1 is 1.05 bits per heavy atom. The number of hydrogen-bond donors (Lipinski definition) is 1. The third-order valence-corrected chi connectivity index (χ3v) is 3.38. The summed E-state index contributed by atoms with van der Waals surface area (Å²) < 4.78 is 5.76. The van der Waals surface area contributed by atoms with Crippen molar-refractivity contribution >= 4 is 10.9 Å². The number of nitrogens with zero attached hydrogens (tertiary/aromatic N) is 1. The third-order valence-electron chi connectivity index (χ3n) is 3.38. The second-order valence-electron chi connectivity index (χ2n) is 5.03. The minimum atomic E-state index is -0.493. The monoisotopic (exact) mass is 279 g/mol. The third kappa shape index (κ3) is 3.20. The Morgan fingerprint density at radius 3 is 2.76 bits per heavy atom. The van der Waals surface area contributed by atoms with Crippen molar-refractivity contribution in [2.75, 3.05) is 0 Å². The fraction of sp³-hybridized carbons (Fsp3) is 0.167. The Kier molecular flexibility index (Phi) is 3.84. The molecule has 0 saturated carbocycles. The van der Waals surface area contributed by atoms with Crippen molar-refractivity contribution in [3.05, 3.63) is 71.9 Å². The van der Waals surface area contributed by atoms with E-state index in [1.165, 1.54) is 0 Å². The highest BCUT2D eigenvalue weighted by molar-refractivity contribution is 5.78. The molecule has 0 amide bonds. The van der Waals surface area contributed by atoms with Crippen LogP contribution in [-0.4, -0.2) is 10.1 Å². The van der Waals surface area contributed by atoms with Gasteiger partial charge >= 0.3 is 0 Å². The van der Waals surface area contributed by atoms with Crippen molar-refractivity contribution < 1.29 is 9.84 Å². The number of aliphatic hydroxyl groups is 1. The molecule has 3 aromatic rings. The zero-order valence-corrected chi connectivity index (χ0v) is 11.9. The van der Waals surface area contributed by atoms with Crippen LogP contribution in [-0.2, 0) is 6.61 Å². The van der Waals surface area contributed by atoms with Gasteiger partial charge in [-0.3, -0.25) is 0 Å². The molecule has 0 unspecified atom stereocenters. The minimum Gasteiger partial charge on any atom is -0.487 e. The number of para-hydroxylation sites is 1. The van der Waals surface area contributed by atoms with Gasteiger partial charge < -0.3 is 9.84 Å². The van der Waals surface area contributed by atoms with E-state index in [2.05, 4.69) is 4.98 Å². The topological polar surface area (TPSA) is 42.4 Å². The van der Waals surface area contributed by atoms with Crippen molar-refractivity contribution in [2.24, 2.45) is 0 Å². The molecule has 0 fully saturated rings. The first-order valence-electron chi connectivity index (χ1n) is 6.98. The SMILES string of the molecule is C[C@@H](O)c1cccc(OCc2ccc3ccccc3n2)c1. The van der Waals surface area contributed by atoms with Crippen molar-refractivity contribution in [1.82, 2.24) is 4.98 Å². The van der Waals surface area contributed by atoms with E-state index in [1.807, 2.05) is 60.7 Å². The first-order valence-corrected chi connectivity index (χ1v) is 6.98. The summed E-state index contributed by atoms with van der Waals surface area (Å²) >= 11 is 0. The Morgan fingerprint density at radius 2 is 1.90 bits per heavy atom. The molecule has 0 aliphatic carbocycles. The van der Waals surface area contributed by atoms with Gasteiger partial charge in [0.05, 0.1) is 17.3 Å². The lowest BCUT2D eigenvalue weighted by atomic mass is 10.1. The zero-order valence-electron chi connectivity index (χ0n) is 11.9. The summed E-state index contributed by atoms with van der Waals surface area (Å²) in [5.41, 5.74) is 2.70. The van der Waals surface area contributed by atoms with E-state index in [4.69, 9.17) is 4.74 Å². The summed E-state index contributed by atoms with van der Waals surface area (Å²) in [7, 11) is 0. The van der Waals surface area contributed by atoms with Gasteiger partial charge in [-0.05, 0) is 36.8 Å². The first-order chi connectivity index (χ1) is 10.2. The molecule has 0 radical (unpaired) electrons. The number of ether oxygens (including phenoxy) is 1. The van der Waals surface area contributed by atoms with Gasteiger partial charge in [0.2, 0.25) is 0 Å². The van der Waals surface area contributed by atoms with Crippen LogP contribution in [0.4, 0.5) is 0 Å². The van der Waals surface area contributed by atoms with Crippen LogP contribution >= 0.6 is 0 Å². The number of rotatable bonds is 4. The zero-order chi connectivity index (χ0) is 14.7. The Bertz CT molecular complexity index is 753. The fourth-order valence-electron chi connectivity index (χ4n) is 2.21. The Hall–Kier alpha value is -2.39. The van der Waals surface area contributed by atoms with E-state index in [0.717, 1.165) is 27.9 Å². The molecule has 0 aliphatic rings. The van der Waals surface area contributed by atoms with E-state index in [0.29, 0.717) is 6.61 Å². The van der Waals surface area contributed by atoms with Crippen LogP contribution in [0.15, 0.2) is 60.7 Å². The standard InChI is InChI=1S/C18H17NO2/c1-13(20)15-6-4-7-17(11-15)21-12-16-10-9-14-5-2-3-8-18(14)19-16/h2-11,13,20H,12H2,1H3/t13-/m1/s1. The fourth-order valence-corrected chi connectivity index (χ4v) is 2.21. The van der Waals surface area contributed by atoms with Gasteiger partial charge in [-0.25, -0.2) is 4.98 Å². The molecule has 106 valence electrons. The molecule has 0 bridgehead atoms. The highest BCUT2D eigenvalue weighted by Crippen LogP contribution is 2.20. The summed E-state index contributed by atoms with van der Waals surface area (Å²) in [6, 6.07) is 19.5. The molecule has 1 N–H and O–H groups in total. The van der Waals surface area contributed by atoms with Gasteiger partial charge in [-0.15, -0.1) is 0 Å². The molecule has 3 rings (SSSR count). The summed E-state index contributed by atoms with van der Waals surface area (Å²) in [6.45, 7) is 2.15. The van der Waals surface area contributed by atoms with Gasteiger partial charge in [0.25, 0.3) is 0 Å². The van der Waals surface area contributed by atoms with Crippen LogP contribution in [0.2, 0.25) is 0 Å². The van der Waals surface area contributed by atoms with Crippen LogP contribution in [0.3, 0.4) is 0 Å². The van der Waals surface area contributed by atoms with Gasteiger partial charge in [-0.2, -0.15) is 0 Å². The molecule has 21 heavy (non-hydrogen) atoms. The molecular weight excluding hydrogens is 262 g/mol. The lowest BCUT2D eigenvalue weighted by Crippen LogP contribution is -1.99. The van der Waals surface area contributed by atoms with E-state index >= 15 is 0 Å². The minimum absolute atomic E-state index is 0.411. The van der Waals surface area contributed by atoms with Crippen LogP contribution < -0.4 is 4.74 Å². The number of hydrogen-bond acceptors (Lipinski definition) is 3. The maximum atomic E-state index is 9.58. The summed E-state index contributed by atoms with van der Waals surface area (Å²) in [5, 5.41) is 10.7. The van der Waals surface area contributed by atoms with Crippen molar-refractivity contribution in [3.8, 4) is 5.75 Å². The highest BCUT2D eigenvalue weighted by Gasteiger charge is 2.03. The molecule has 0 saturated heterocycles. The smallest absolute Gasteiger partial charge is 0.130 e. The summed E-state index contributed by atoms with van der Waals surface area (Å²) in [6.07, 6.45) is -0.493. The van der Waals surface area contributed by atoms with Crippen LogP contribution in [0.5, 0.6) is 5.75 Å². The molecule has 3 heteroatoms. The summed E-state index contributed by atoms with van der Waals surface area (Å²) in [5.74, 6) is 0.739. The molecule has 3 nitrogen and oxygen atoms in total. The predicted molar refractivity (Wildman–Crippen MR) is 83.2 cm³/mol. The molecule has 0 aliphatic heterocycles. The predicted octanol–water partition coefficient (Wildman–Crippen LogP) is 3.87. The first kappa shape index (κ1) is 13.6. The molecule has 0 spiro atoms. The molecule has 2 aromatic carbocycles. The summed E-state index contributed by atoms with van der Waals surface area (Å²) in [4.78, 5) is 4.57. The number of benzene rings is 2. The van der Waals surface area contributed by atoms with Gasteiger partial charge in [0.15, 0.2) is 0 Å². The van der Waals surface area contributed by atoms with Crippen molar-refractivity contribution in [3.63, 3.8) is 0 Å². The molecule has 1 heterocycles. The molecule has 1 aromatic heterocycles. The normalized spacial score (nSPS) is 12.3. The highest BCUT2D eigenvalue weighted by atomic mass is 16.5. The van der Waals surface area contributed by atoms with Crippen LogP contribution in [0.1, 0.15) is 24.3 Å². The van der Waals surface area contributed by atoms with Crippen molar-refractivity contribution in [2.45, 2.75) is 19.6 Å². The molecular formula is C18H17NO2. The maximum Gasteiger partial charge on any atom is 0.130 e. The quantitative estimate of drug-likeness (QED) is 0.788. The lowest BCUT2D eigenvalue weighted by molar-refractivity contribution is 0.198. The second kappa shape index (κ2) is 5.94. The number of pyridine rings is 1.